The summed E-state index contributed by atoms with van der Waals surface area (Å²) in [7, 11) is -4.20. The van der Waals surface area contributed by atoms with E-state index in [1.807, 2.05) is 0 Å². The maximum atomic E-state index is 13.1. The molecule has 0 saturated heterocycles. The number of benzene rings is 1. The fourth-order valence-corrected chi connectivity index (χ4v) is 2.61. The first-order valence-electron chi connectivity index (χ1n) is 5.63. The van der Waals surface area contributed by atoms with Gasteiger partial charge in [-0.2, -0.15) is 13.2 Å². The van der Waals surface area contributed by atoms with Crippen LogP contribution < -0.4 is 10.6 Å². The fraction of sp³-hybridized carbons (Fsp3) is 0.455. The molecule has 0 atom stereocenters. The highest BCUT2D eigenvalue weighted by atomic mass is 32.2. The summed E-state index contributed by atoms with van der Waals surface area (Å²) in [6.45, 7) is 0.551. The van der Waals surface area contributed by atoms with Crippen LogP contribution in [0.25, 0.3) is 0 Å². The number of rotatable bonds is 5. The number of nitrogens with two attached hydrogens (primary N) is 1. The highest BCUT2D eigenvalue weighted by molar-refractivity contribution is 7.92. The van der Waals surface area contributed by atoms with Crippen molar-refractivity contribution in [3.05, 3.63) is 24.0 Å². The van der Waals surface area contributed by atoms with Crippen molar-refractivity contribution < 1.29 is 26.0 Å². The van der Waals surface area contributed by atoms with Crippen LogP contribution in [0.2, 0.25) is 0 Å². The van der Waals surface area contributed by atoms with Gasteiger partial charge in [0.05, 0.1) is 5.69 Å². The molecule has 0 radical (unpaired) electrons. The summed E-state index contributed by atoms with van der Waals surface area (Å²) in [6, 6.07) is 2.28. The van der Waals surface area contributed by atoms with E-state index in [9.17, 15) is 26.0 Å². The zero-order chi connectivity index (χ0) is 15.6. The smallest absolute Gasteiger partial charge is 0.373 e. The van der Waals surface area contributed by atoms with Crippen molar-refractivity contribution in [1.82, 2.24) is 0 Å². The van der Waals surface area contributed by atoms with Gasteiger partial charge in [0.25, 0.3) is 9.84 Å². The highest BCUT2D eigenvalue weighted by Gasteiger charge is 2.48. The molecule has 4 nitrogen and oxygen atoms in total. The van der Waals surface area contributed by atoms with Crippen LogP contribution >= 0.6 is 0 Å². The second-order valence-electron chi connectivity index (χ2n) is 4.13. The minimum Gasteiger partial charge on any atom is -0.373 e. The molecule has 20 heavy (non-hydrogen) atoms. The molecule has 0 heterocycles. The van der Waals surface area contributed by atoms with Gasteiger partial charge in [-0.05, 0) is 31.2 Å². The standard InChI is InChI=1S/C11H14F4N2O2S/c1-17(6-2-5-16)9-4-3-8(12)7-10(9)20(18,19)11(13,14)15/h3-4,7H,2,5-6,16H2,1H3. The van der Waals surface area contributed by atoms with Crippen molar-refractivity contribution in [2.24, 2.45) is 5.73 Å². The molecule has 0 aliphatic rings. The molecule has 0 saturated carbocycles. The fourth-order valence-electron chi connectivity index (χ4n) is 1.59. The Kier molecular flexibility index (Phi) is 4.98. The van der Waals surface area contributed by atoms with Crippen LogP contribution in [0.5, 0.6) is 0 Å². The Labute approximate surface area is 114 Å². The monoisotopic (exact) mass is 314 g/mol. The van der Waals surface area contributed by atoms with Crippen LogP contribution in [-0.2, 0) is 9.84 Å². The molecular formula is C11H14F4N2O2S. The number of halogens is 4. The summed E-state index contributed by atoms with van der Waals surface area (Å²) in [5, 5.41) is 0. The van der Waals surface area contributed by atoms with Crippen molar-refractivity contribution in [2.45, 2.75) is 16.8 Å². The Hall–Kier alpha value is -1.35. The third-order valence-electron chi connectivity index (χ3n) is 2.62. The molecule has 0 bridgehead atoms. The first-order chi connectivity index (χ1) is 9.11. The Morgan fingerprint density at radius 2 is 1.90 bits per heavy atom. The molecule has 0 aliphatic carbocycles. The number of hydrogen-bond acceptors (Lipinski definition) is 4. The molecular weight excluding hydrogens is 300 g/mol. The Bertz CT molecular complexity index is 572. The minimum absolute atomic E-state index is 0.211. The predicted molar refractivity (Wildman–Crippen MR) is 66.6 cm³/mol. The van der Waals surface area contributed by atoms with Crippen molar-refractivity contribution in [3.63, 3.8) is 0 Å². The van der Waals surface area contributed by atoms with Gasteiger partial charge in [0.15, 0.2) is 0 Å². The number of sulfone groups is 1. The zero-order valence-electron chi connectivity index (χ0n) is 10.6. The summed E-state index contributed by atoms with van der Waals surface area (Å²) in [5.74, 6) is -1.05. The summed E-state index contributed by atoms with van der Waals surface area (Å²) < 4.78 is 73.8. The Balaban J connectivity index is 3.35. The van der Waals surface area contributed by atoms with E-state index >= 15 is 0 Å². The third-order valence-corrected chi connectivity index (χ3v) is 4.14. The van der Waals surface area contributed by atoms with Gasteiger partial charge < -0.3 is 10.6 Å². The molecule has 9 heteroatoms. The lowest BCUT2D eigenvalue weighted by Crippen LogP contribution is -2.28. The Morgan fingerprint density at radius 1 is 1.30 bits per heavy atom. The number of alkyl halides is 3. The van der Waals surface area contributed by atoms with Gasteiger partial charge in [-0.1, -0.05) is 0 Å². The molecule has 0 fully saturated rings. The summed E-state index contributed by atoms with van der Waals surface area (Å²) >= 11 is 0. The van der Waals surface area contributed by atoms with Crippen LogP contribution in [0, 0.1) is 5.82 Å². The normalized spacial score (nSPS) is 12.5. The highest BCUT2D eigenvalue weighted by Crippen LogP contribution is 2.36. The summed E-state index contributed by atoms with van der Waals surface area (Å²) in [5.41, 5.74) is -0.406. The molecule has 0 aromatic heterocycles. The largest absolute Gasteiger partial charge is 0.501 e. The van der Waals surface area contributed by atoms with Crippen LogP contribution in [-0.4, -0.2) is 34.1 Å². The van der Waals surface area contributed by atoms with E-state index in [2.05, 4.69) is 0 Å². The van der Waals surface area contributed by atoms with E-state index in [0.717, 1.165) is 12.1 Å². The number of nitrogens with zero attached hydrogens (tertiary/aromatic N) is 1. The van der Waals surface area contributed by atoms with E-state index in [1.165, 1.54) is 11.9 Å². The second kappa shape index (κ2) is 5.96. The van der Waals surface area contributed by atoms with Crippen molar-refractivity contribution >= 4 is 15.5 Å². The molecule has 0 unspecified atom stereocenters. The first-order valence-corrected chi connectivity index (χ1v) is 7.11. The van der Waals surface area contributed by atoms with Crippen LogP contribution in [0.4, 0.5) is 23.2 Å². The number of hydrogen-bond donors (Lipinski definition) is 1. The first kappa shape index (κ1) is 16.7. The molecule has 2 N–H and O–H groups in total. The van der Waals surface area contributed by atoms with Crippen LogP contribution in [0.3, 0.4) is 0 Å². The van der Waals surface area contributed by atoms with E-state index < -0.39 is 26.1 Å². The van der Waals surface area contributed by atoms with Crippen molar-refractivity contribution in [2.75, 3.05) is 25.0 Å². The molecule has 1 aromatic carbocycles. The summed E-state index contributed by atoms with van der Waals surface area (Å²) in [6.07, 6.45) is 0.458. The lowest BCUT2D eigenvalue weighted by atomic mass is 10.2. The molecule has 0 amide bonds. The summed E-state index contributed by atoms with van der Waals surface area (Å²) in [4.78, 5) is 0.204. The quantitative estimate of drug-likeness (QED) is 0.843. The molecule has 0 aliphatic heterocycles. The average molecular weight is 314 g/mol. The van der Waals surface area contributed by atoms with Gasteiger partial charge >= 0.3 is 5.51 Å². The maximum absolute atomic E-state index is 13.1. The van der Waals surface area contributed by atoms with E-state index in [4.69, 9.17) is 5.73 Å². The van der Waals surface area contributed by atoms with Crippen molar-refractivity contribution in [1.29, 1.82) is 0 Å². The second-order valence-corrected chi connectivity index (χ2v) is 6.03. The van der Waals surface area contributed by atoms with Crippen LogP contribution in [0.15, 0.2) is 23.1 Å². The SMILES string of the molecule is CN(CCCN)c1ccc(F)cc1S(=O)(=O)C(F)(F)F. The zero-order valence-corrected chi connectivity index (χ0v) is 11.4. The molecule has 1 aromatic rings. The lowest BCUT2D eigenvalue weighted by molar-refractivity contribution is -0.0435. The van der Waals surface area contributed by atoms with Gasteiger partial charge in [-0.15, -0.1) is 0 Å². The van der Waals surface area contributed by atoms with E-state index in [1.54, 1.807) is 0 Å². The van der Waals surface area contributed by atoms with Gasteiger partial charge in [0, 0.05) is 13.6 Å². The third kappa shape index (κ3) is 3.40. The maximum Gasteiger partial charge on any atom is 0.501 e. The molecule has 0 spiro atoms. The van der Waals surface area contributed by atoms with Crippen LogP contribution in [0.1, 0.15) is 6.42 Å². The van der Waals surface area contributed by atoms with E-state index in [0.29, 0.717) is 19.0 Å². The average Bonchev–Trinajstić information content (AvgIpc) is 2.34. The minimum atomic E-state index is -5.61. The number of anilines is 1. The molecule has 114 valence electrons. The van der Waals surface area contributed by atoms with Gasteiger partial charge in [0.2, 0.25) is 0 Å². The van der Waals surface area contributed by atoms with Gasteiger partial charge in [0.1, 0.15) is 10.7 Å². The predicted octanol–water partition coefficient (Wildman–Crippen LogP) is 1.90. The van der Waals surface area contributed by atoms with Gasteiger partial charge in [-0.3, -0.25) is 0 Å². The van der Waals surface area contributed by atoms with Gasteiger partial charge in [-0.25, -0.2) is 12.8 Å². The van der Waals surface area contributed by atoms with Crippen molar-refractivity contribution in [3.8, 4) is 0 Å². The topological polar surface area (TPSA) is 63.4 Å². The Morgan fingerprint density at radius 3 is 2.40 bits per heavy atom. The van der Waals surface area contributed by atoms with E-state index in [-0.39, 0.29) is 12.2 Å². The molecule has 1 rings (SSSR count). The lowest BCUT2D eigenvalue weighted by Gasteiger charge is -2.22.